The van der Waals surface area contributed by atoms with Gasteiger partial charge in [-0.15, -0.1) is 0 Å². The van der Waals surface area contributed by atoms with Crippen LogP contribution in [-0.2, 0) is 0 Å². The number of H-pyrrole nitrogens is 2. The third-order valence-corrected chi connectivity index (χ3v) is 2.07. The van der Waals surface area contributed by atoms with Crippen LogP contribution in [0.25, 0.3) is 11.2 Å². The number of nitrogens with one attached hydrogen (secondary N) is 2. The van der Waals surface area contributed by atoms with Crippen molar-refractivity contribution in [2.24, 2.45) is 0 Å². The molecule has 0 bridgehead atoms. The van der Waals surface area contributed by atoms with Crippen molar-refractivity contribution < 1.29 is 4.98 Å². The predicted octanol–water partition coefficient (Wildman–Crippen LogP) is 0.0761. The molecule has 2 aromatic rings. The van der Waals surface area contributed by atoms with E-state index in [1.165, 1.54) is 11.8 Å². The van der Waals surface area contributed by atoms with Gasteiger partial charge in [-0.1, -0.05) is 16.7 Å². The normalized spacial score (nSPS) is 10.8. The Morgan fingerprint density at radius 3 is 3.17 bits per heavy atom. The molecule has 62 valence electrons. The van der Waals surface area contributed by atoms with Gasteiger partial charge in [0.15, 0.2) is 12.1 Å². The Labute approximate surface area is 72.8 Å². The monoisotopic (exact) mass is 182 g/mol. The number of imidazole rings is 1. The summed E-state index contributed by atoms with van der Waals surface area (Å²) in [7, 11) is 0. The van der Waals surface area contributed by atoms with E-state index in [2.05, 4.69) is 19.9 Å². The highest BCUT2D eigenvalue weighted by molar-refractivity contribution is 7.98. The summed E-state index contributed by atoms with van der Waals surface area (Å²) < 4.78 is 0. The van der Waals surface area contributed by atoms with Crippen molar-refractivity contribution in [3.63, 3.8) is 0 Å². The quantitative estimate of drug-likeness (QED) is 0.483. The molecule has 0 fully saturated rings. The molecule has 12 heavy (non-hydrogen) atoms. The average molecular weight is 182 g/mol. The van der Waals surface area contributed by atoms with Crippen molar-refractivity contribution in [2.45, 2.75) is 5.16 Å². The van der Waals surface area contributed by atoms with Crippen LogP contribution >= 0.6 is 11.8 Å². The van der Waals surface area contributed by atoms with Gasteiger partial charge in [0.05, 0.1) is 0 Å². The zero-order chi connectivity index (χ0) is 8.55. The first-order valence-electron chi connectivity index (χ1n) is 3.37. The SMILES string of the molecule is CSc1nc(N)c2[nH]c[nH+]c2n1. The molecule has 0 saturated heterocycles. The molecule has 0 radical (unpaired) electrons. The van der Waals surface area contributed by atoms with Gasteiger partial charge in [0.25, 0.3) is 5.16 Å². The standard InChI is InChI=1S/C6H7N5S/c1-12-6-10-4(7)3-5(11-6)9-2-8-3/h2H,1H3,(H3,7,8,9,10,11)/p+1. The summed E-state index contributed by atoms with van der Waals surface area (Å²) in [6.07, 6.45) is 3.59. The van der Waals surface area contributed by atoms with E-state index >= 15 is 0 Å². The predicted molar refractivity (Wildman–Crippen MR) is 46.6 cm³/mol. The molecule has 6 heteroatoms. The molecule has 4 N–H and O–H groups in total. The zero-order valence-corrected chi connectivity index (χ0v) is 7.27. The Balaban J connectivity index is 2.75. The van der Waals surface area contributed by atoms with Crippen molar-refractivity contribution in [1.29, 1.82) is 0 Å². The number of hydrogen-bond acceptors (Lipinski definition) is 4. The van der Waals surface area contributed by atoms with Crippen LogP contribution in [0.15, 0.2) is 11.5 Å². The lowest BCUT2D eigenvalue weighted by Gasteiger charge is -1.91. The smallest absolute Gasteiger partial charge is 0.306 e. The summed E-state index contributed by atoms with van der Waals surface area (Å²) in [5.41, 5.74) is 7.16. The van der Waals surface area contributed by atoms with Crippen LogP contribution in [0.5, 0.6) is 0 Å². The van der Waals surface area contributed by atoms with E-state index in [-0.39, 0.29) is 0 Å². The Bertz CT molecular complexity index is 409. The maximum Gasteiger partial charge on any atom is 0.306 e. The Morgan fingerprint density at radius 1 is 1.58 bits per heavy atom. The first kappa shape index (κ1) is 7.35. The number of hydrogen-bond donors (Lipinski definition) is 2. The lowest BCUT2D eigenvalue weighted by molar-refractivity contribution is -0.347. The number of rotatable bonds is 1. The summed E-state index contributed by atoms with van der Waals surface area (Å²) in [6.45, 7) is 0. The molecule has 0 aliphatic heterocycles. The molecule has 5 nitrogen and oxygen atoms in total. The Hall–Kier alpha value is -1.30. The van der Waals surface area contributed by atoms with Gasteiger partial charge < -0.3 is 5.73 Å². The molecule has 0 aliphatic rings. The van der Waals surface area contributed by atoms with Crippen LogP contribution < -0.4 is 10.7 Å². The molecule has 0 amide bonds. The van der Waals surface area contributed by atoms with E-state index < -0.39 is 0 Å². The minimum atomic E-state index is 0.477. The summed E-state index contributed by atoms with van der Waals surface area (Å²) in [6, 6.07) is 0. The topological polar surface area (TPSA) is 81.7 Å². The number of fused-ring (bicyclic) bond motifs is 1. The van der Waals surface area contributed by atoms with Crippen molar-refractivity contribution in [2.75, 3.05) is 12.0 Å². The summed E-state index contributed by atoms with van der Waals surface area (Å²) in [4.78, 5) is 14.1. The van der Waals surface area contributed by atoms with Gasteiger partial charge in [-0.2, -0.15) is 4.98 Å². The Kier molecular flexibility index (Phi) is 1.61. The molecule has 0 spiro atoms. The van der Waals surface area contributed by atoms with E-state index in [4.69, 9.17) is 5.73 Å². The van der Waals surface area contributed by atoms with E-state index in [9.17, 15) is 0 Å². The second-order valence-electron chi connectivity index (χ2n) is 2.25. The molecular weight excluding hydrogens is 174 g/mol. The summed E-state index contributed by atoms with van der Waals surface area (Å²) in [5.74, 6) is 0.477. The molecular formula is C6H8N5S+. The molecule has 0 aliphatic carbocycles. The van der Waals surface area contributed by atoms with E-state index in [0.717, 1.165) is 11.2 Å². The molecule has 0 aromatic carbocycles. The van der Waals surface area contributed by atoms with E-state index in [1.54, 1.807) is 6.33 Å². The number of thioether (sulfide) groups is 1. The maximum absolute atomic E-state index is 5.66. The fraction of sp³-hybridized carbons (Fsp3) is 0.167. The third-order valence-electron chi connectivity index (χ3n) is 1.52. The van der Waals surface area contributed by atoms with Crippen LogP contribution in [0.1, 0.15) is 0 Å². The number of nitrogens with zero attached hydrogens (tertiary/aromatic N) is 2. The lowest BCUT2D eigenvalue weighted by atomic mass is 10.5. The van der Waals surface area contributed by atoms with Crippen molar-refractivity contribution in [3.8, 4) is 0 Å². The number of anilines is 1. The van der Waals surface area contributed by atoms with Gasteiger partial charge in [0.1, 0.15) is 0 Å². The number of nitrogens with two attached hydrogens (primary N) is 1. The van der Waals surface area contributed by atoms with E-state index in [0.29, 0.717) is 11.0 Å². The van der Waals surface area contributed by atoms with Gasteiger partial charge in [-0.25, -0.2) is 4.98 Å². The van der Waals surface area contributed by atoms with E-state index in [1.807, 2.05) is 6.26 Å². The van der Waals surface area contributed by atoms with Gasteiger partial charge in [0.2, 0.25) is 5.52 Å². The van der Waals surface area contributed by atoms with Gasteiger partial charge >= 0.3 is 5.65 Å². The van der Waals surface area contributed by atoms with Crippen LogP contribution in [-0.4, -0.2) is 21.2 Å². The summed E-state index contributed by atoms with van der Waals surface area (Å²) in [5, 5.41) is 0.677. The minimum Gasteiger partial charge on any atom is -0.380 e. The molecule has 2 heterocycles. The van der Waals surface area contributed by atoms with Crippen LogP contribution in [0.3, 0.4) is 0 Å². The number of aromatic amines is 2. The average Bonchev–Trinajstić information content (AvgIpc) is 2.52. The van der Waals surface area contributed by atoms with Gasteiger partial charge in [-0.05, 0) is 6.26 Å². The van der Waals surface area contributed by atoms with Crippen molar-refractivity contribution in [3.05, 3.63) is 6.33 Å². The minimum absolute atomic E-state index is 0.477. The second-order valence-corrected chi connectivity index (χ2v) is 3.03. The number of aromatic nitrogens is 4. The first-order chi connectivity index (χ1) is 5.81. The van der Waals surface area contributed by atoms with Crippen molar-refractivity contribution in [1.82, 2.24) is 15.0 Å². The van der Waals surface area contributed by atoms with Crippen LogP contribution in [0.2, 0.25) is 0 Å². The van der Waals surface area contributed by atoms with Gasteiger partial charge in [0, 0.05) is 0 Å². The molecule has 2 aromatic heterocycles. The van der Waals surface area contributed by atoms with Crippen LogP contribution in [0, 0.1) is 0 Å². The highest BCUT2D eigenvalue weighted by atomic mass is 32.2. The van der Waals surface area contributed by atoms with Gasteiger partial charge in [-0.3, -0.25) is 4.98 Å². The van der Waals surface area contributed by atoms with Crippen molar-refractivity contribution >= 4 is 28.7 Å². The molecule has 0 atom stereocenters. The fourth-order valence-corrected chi connectivity index (χ4v) is 1.34. The molecule has 0 unspecified atom stereocenters. The highest BCUT2D eigenvalue weighted by Crippen LogP contribution is 2.15. The highest BCUT2D eigenvalue weighted by Gasteiger charge is 2.11. The second kappa shape index (κ2) is 2.63. The Morgan fingerprint density at radius 2 is 2.42 bits per heavy atom. The van der Waals surface area contributed by atoms with Crippen LogP contribution in [0.4, 0.5) is 5.82 Å². The summed E-state index contributed by atoms with van der Waals surface area (Å²) >= 11 is 1.47. The zero-order valence-electron chi connectivity index (χ0n) is 6.46. The lowest BCUT2D eigenvalue weighted by Crippen LogP contribution is -2.02. The molecule has 2 rings (SSSR count). The fourth-order valence-electron chi connectivity index (χ4n) is 0.971. The maximum atomic E-state index is 5.66. The third kappa shape index (κ3) is 1.00. The number of nitrogen functional groups attached to an aromatic ring is 1. The largest absolute Gasteiger partial charge is 0.380 e. The first-order valence-corrected chi connectivity index (χ1v) is 4.60. The molecule has 0 saturated carbocycles.